The van der Waals surface area contributed by atoms with Crippen molar-refractivity contribution in [1.82, 2.24) is 5.16 Å². The number of hydrogen-bond donors (Lipinski definition) is 2. The number of benzene rings is 2. The van der Waals surface area contributed by atoms with Gasteiger partial charge in [-0.05, 0) is 66.9 Å². The van der Waals surface area contributed by atoms with Crippen molar-refractivity contribution in [3.05, 3.63) is 88.1 Å². The van der Waals surface area contributed by atoms with Crippen LogP contribution in [0.3, 0.4) is 0 Å². The molecule has 2 aromatic carbocycles. The Hall–Kier alpha value is -3.78. The standard InChI is InChI=1S/C22H16FN3O3S/c1-13-19(20(26-29-13)14-4-6-15(23)7-5-14)22(28)25-17-10-8-16(9-11-17)24-21(27)18-3-2-12-30-18/h2-12H,1H3,(H,24,27)(H,25,28). The zero-order valence-corrected chi connectivity index (χ0v) is 16.6. The number of rotatable bonds is 5. The van der Waals surface area contributed by atoms with Crippen LogP contribution in [0.5, 0.6) is 0 Å². The van der Waals surface area contributed by atoms with Crippen LogP contribution in [0.1, 0.15) is 25.8 Å². The molecule has 4 rings (SSSR count). The summed E-state index contributed by atoms with van der Waals surface area (Å²) in [5.41, 5.74) is 2.34. The predicted molar refractivity (Wildman–Crippen MR) is 113 cm³/mol. The summed E-state index contributed by atoms with van der Waals surface area (Å²) in [4.78, 5) is 25.5. The summed E-state index contributed by atoms with van der Waals surface area (Å²) in [7, 11) is 0. The van der Waals surface area contributed by atoms with Crippen molar-refractivity contribution in [2.24, 2.45) is 0 Å². The van der Waals surface area contributed by atoms with Gasteiger partial charge in [0.1, 0.15) is 22.8 Å². The number of thiophene rings is 1. The fourth-order valence-corrected chi connectivity index (χ4v) is 3.49. The lowest BCUT2D eigenvalue weighted by molar-refractivity contribution is 0.101. The molecule has 8 heteroatoms. The van der Waals surface area contributed by atoms with Gasteiger partial charge in [-0.15, -0.1) is 11.3 Å². The van der Waals surface area contributed by atoms with Gasteiger partial charge in [-0.2, -0.15) is 0 Å². The molecule has 2 heterocycles. The Morgan fingerprint density at radius 2 is 1.57 bits per heavy atom. The van der Waals surface area contributed by atoms with Gasteiger partial charge < -0.3 is 15.2 Å². The number of hydrogen-bond acceptors (Lipinski definition) is 5. The second kappa shape index (κ2) is 8.30. The SMILES string of the molecule is Cc1onc(-c2ccc(F)cc2)c1C(=O)Nc1ccc(NC(=O)c2cccs2)cc1. The van der Waals surface area contributed by atoms with Crippen molar-refractivity contribution in [3.8, 4) is 11.3 Å². The monoisotopic (exact) mass is 421 g/mol. The van der Waals surface area contributed by atoms with Crippen LogP contribution >= 0.6 is 11.3 Å². The topological polar surface area (TPSA) is 84.2 Å². The molecule has 0 unspecified atom stereocenters. The molecule has 2 aromatic heterocycles. The molecule has 30 heavy (non-hydrogen) atoms. The van der Waals surface area contributed by atoms with E-state index in [2.05, 4.69) is 15.8 Å². The van der Waals surface area contributed by atoms with Gasteiger partial charge in [0.15, 0.2) is 0 Å². The molecule has 0 atom stereocenters. The Morgan fingerprint density at radius 1 is 0.933 bits per heavy atom. The number of nitrogens with one attached hydrogen (secondary N) is 2. The van der Waals surface area contributed by atoms with Gasteiger partial charge in [-0.3, -0.25) is 9.59 Å². The molecule has 0 fully saturated rings. The third-order valence-electron chi connectivity index (χ3n) is 4.35. The molecule has 2 N–H and O–H groups in total. The third-order valence-corrected chi connectivity index (χ3v) is 5.22. The summed E-state index contributed by atoms with van der Waals surface area (Å²) in [6.07, 6.45) is 0. The first kappa shape index (κ1) is 19.5. The molecule has 0 saturated heterocycles. The second-order valence-corrected chi connectivity index (χ2v) is 7.38. The fraction of sp³-hybridized carbons (Fsp3) is 0.0455. The molecule has 2 amide bonds. The molecule has 4 aromatic rings. The van der Waals surface area contributed by atoms with E-state index in [-0.39, 0.29) is 17.3 Å². The summed E-state index contributed by atoms with van der Waals surface area (Å²) >= 11 is 1.36. The molecule has 0 aliphatic heterocycles. The predicted octanol–water partition coefficient (Wildman–Crippen LogP) is 5.36. The zero-order valence-electron chi connectivity index (χ0n) is 15.8. The lowest BCUT2D eigenvalue weighted by Crippen LogP contribution is -2.14. The largest absolute Gasteiger partial charge is 0.360 e. The highest BCUT2D eigenvalue weighted by Crippen LogP contribution is 2.26. The van der Waals surface area contributed by atoms with Gasteiger partial charge in [0.2, 0.25) is 0 Å². The molecular formula is C22H16FN3O3S. The fourth-order valence-electron chi connectivity index (χ4n) is 2.88. The first-order chi connectivity index (χ1) is 14.5. The van der Waals surface area contributed by atoms with E-state index >= 15 is 0 Å². The van der Waals surface area contributed by atoms with E-state index in [1.807, 2.05) is 11.4 Å². The minimum atomic E-state index is -0.400. The summed E-state index contributed by atoms with van der Waals surface area (Å²) < 4.78 is 18.4. The molecule has 0 saturated carbocycles. The lowest BCUT2D eigenvalue weighted by Gasteiger charge is -2.08. The van der Waals surface area contributed by atoms with E-state index in [9.17, 15) is 14.0 Å². The van der Waals surface area contributed by atoms with E-state index < -0.39 is 5.91 Å². The van der Waals surface area contributed by atoms with Crippen LogP contribution in [0.4, 0.5) is 15.8 Å². The number of halogens is 1. The van der Waals surface area contributed by atoms with Gasteiger partial charge in [0, 0.05) is 16.9 Å². The zero-order chi connectivity index (χ0) is 21.1. The quantitative estimate of drug-likeness (QED) is 0.455. The Kier molecular flexibility index (Phi) is 5.40. The van der Waals surface area contributed by atoms with Crippen LogP contribution in [0.15, 0.2) is 70.6 Å². The first-order valence-electron chi connectivity index (χ1n) is 9.00. The molecule has 0 radical (unpaired) electrons. The van der Waals surface area contributed by atoms with Gasteiger partial charge >= 0.3 is 0 Å². The van der Waals surface area contributed by atoms with E-state index in [1.54, 1.807) is 37.3 Å². The average Bonchev–Trinajstić information content (AvgIpc) is 3.40. The molecular weight excluding hydrogens is 405 g/mol. The smallest absolute Gasteiger partial charge is 0.265 e. The highest BCUT2D eigenvalue weighted by atomic mass is 32.1. The van der Waals surface area contributed by atoms with Crippen LogP contribution in [-0.4, -0.2) is 17.0 Å². The number of nitrogens with zero attached hydrogens (tertiary/aromatic N) is 1. The minimum absolute atomic E-state index is 0.189. The maximum absolute atomic E-state index is 13.2. The van der Waals surface area contributed by atoms with Crippen LogP contribution in [0.2, 0.25) is 0 Å². The van der Waals surface area contributed by atoms with Gasteiger partial charge in [-0.1, -0.05) is 11.2 Å². The van der Waals surface area contributed by atoms with E-state index in [0.29, 0.717) is 33.3 Å². The number of amides is 2. The van der Waals surface area contributed by atoms with Gasteiger partial charge in [0.05, 0.1) is 4.88 Å². The lowest BCUT2D eigenvalue weighted by atomic mass is 10.1. The average molecular weight is 421 g/mol. The minimum Gasteiger partial charge on any atom is -0.360 e. The third kappa shape index (κ3) is 4.13. The van der Waals surface area contributed by atoms with Crippen molar-refractivity contribution in [1.29, 1.82) is 0 Å². The van der Waals surface area contributed by atoms with Crippen LogP contribution in [0, 0.1) is 12.7 Å². The van der Waals surface area contributed by atoms with Crippen LogP contribution < -0.4 is 10.6 Å². The van der Waals surface area contributed by atoms with E-state index in [0.717, 1.165) is 0 Å². The summed E-state index contributed by atoms with van der Waals surface area (Å²) in [5, 5.41) is 11.4. The normalized spacial score (nSPS) is 10.6. The number of aryl methyl sites for hydroxylation is 1. The Labute approximate surface area is 175 Å². The van der Waals surface area contributed by atoms with Crippen LogP contribution in [0.25, 0.3) is 11.3 Å². The maximum atomic E-state index is 13.2. The van der Waals surface area contributed by atoms with Crippen molar-refractivity contribution in [3.63, 3.8) is 0 Å². The molecule has 6 nitrogen and oxygen atoms in total. The summed E-state index contributed by atoms with van der Waals surface area (Å²) in [5.74, 6) is -0.614. The molecule has 150 valence electrons. The number of carbonyl (C=O) groups excluding carboxylic acids is 2. The van der Waals surface area contributed by atoms with Crippen molar-refractivity contribution < 1.29 is 18.5 Å². The van der Waals surface area contributed by atoms with Gasteiger partial charge in [0.25, 0.3) is 11.8 Å². The molecule has 0 bridgehead atoms. The van der Waals surface area contributed by atoms with E-state index in [1.165, 1.54) is 35.6 Å². The first-order valence-corrected chi connectivity index (χ1v) is 9.88. The molecule has 0 aliphatic rings. The maximum Gasteiger partial charge on any atom is 0.265 e. The Balaban J connectivity index is 1.49. The Morgan fingerprint density at radius 3 is 2.17 bits per heavy atom. The van der Waals surface area contributed by atoms with Crippen LogP contribution in [-0.2, 0) is 0 Å². The van der Waals surface area contributed by atoms with Gasteiger partial charge in [-0.25, -0.2) is 4.39 Å². The number of aromatic nitrogens is 1. The Bertz CT molecular complexity index is 1180. The summed E-state index contributed by atoms with van der Waals surface area (Å²) in [6.45, 7) is 1.64. The van der Waals surface area contributed by atoms with Crippen molar-refractivity contribution in [2.45, 2.75) is 6.92 Å². The van der Waals surface area contributed by atoms with E-state index in [4.69, 9.17) is 4.52 Å². The second-order valence-electron chi connectivity index (χ2n) is 6.43. The number of anilines is 2. The molecule has 0 spiro atoms. The summed E-state index contributed by atoms with van der Waals surface area (Å²) in [6, 6.07) is 16.0. The van der Waals surface area contributed by atoms with Crippen molar-refractivity contribution >= 4 is 34.5 Å². The highest BCUT2D eigenvalue weighted by molar-refractivity contribution is 7.12. The van der Waals surface area contributed by atoms with Crippen molar-refractivity contribution in [2.75, 3.05) is 10.6 Å². The number of carbonyl (C=O) groups is 2. The highest BCUT2D eigenvalue weighted by Gasteiger charge is 2.22. The molecule has 0 aliphatic carbocycles.